The van der Waals surface area contributed by atoms with Crippen LogP contribution in [-0.2, 0) is 21.5 Å². The Balaban J connectivity index is 1.20. The fourth-order valence-electron chi connectivity index (χ4n) is 6.35. The summed E-state index contributed by atoms with van der Waals surface area (Å²) in [7, 11) is 0. The summed E-state index contributed by atoms with van der Waals surface area (Å²) in [4.78, 5) is 41.9. The first-order valence-electron chi connectivity index (χ1n) is 15.4. The molecule has 0 bridgehead atoms. The predicted octanol–water partition coefficient (Wildman–Crippen LogP) is 4.00. The van der Waals surface area contributed by atoms with E-state index in [0.717, 1.165) is 37.4 Å². The second-order valence-corrected chi connectivity index (χ2v) is 12.2. The molecule has 4 heterocycles. The summed E-state index contributed by atoms with van der Waals surface area (Å²) in [5, 5.41) is 7.90. The molecule has 1 atom stereocenters. The fraction of sp³-hybridized carbons (Fsp3) is 0.484. The Labute approximate surface area is 232 Å². The molecule has 7 rings (SSSR count). The van der Waals surface area contributed by atoms with Crippen LogP contribution in [0.1, 0.15) is 78.0 Å². The highest BCUT2D eigenvalue weighted by Crippen LogP contribution is 2.46. The van der Waals surface area contributed by atoms with Gasteiger partial charge in [-0.3, -0.25) is 29.3 Å². The number of carbonyl (C=O) groups is 3. The lowest BCUT2D eigenvalue weighted by molar-refractivity contribution is -0.134. The highest BCUT2D eigenvalue weighted by Gasteiger charge is 2.42. The highest BCUT2D eigenvalue weighted by atomic mass is 16.2. The molecular weight excluding hydrogens is 490 g/mol. The Morgan fingerprint density at radius 2 is 1.90 bits per heavy atom. The Morgan fingerprint density at radius 1 is 1.10 bits per heavy atom. The molecule has 3 amide bonds. The Kier molecular flexibility index (Phi) is 4.78. The van der Waals surface area contributed by atoms with Crippen LogP contribution in [-0.4, -0.2) is 58.1 Å². The molecule has 1 aliphatic carbocycles. The van der Waals surface area contributed by atoms with E-state index in [-0.39, 0.29) is 18.4 Å². The number of benzene rings is 2. The van der Waals surface area contributed by atoms with Gasteiger partial charge >= 0.3 is 0 Å². The number of likely N-dealkylation sites (tertiary alicyclic amines) is 1. The maximum Gasteiger partial charge on any atom is 0.259 e. The minimum Gasteiger partial charge on any atom is -0.303 e. The number of anilines is 1. The number of imide groups is 1. The van der Waals surface area contributed by atoms with E-state index >= 15 is 0 Å². The third kappa shape index (κ3) is 4.16. The van der Waals surface area contributed by atoms with Gasteiger partial charge in [-0.15, -0.1) is 0 Å². The summed E-state index contributed by atoms with van der Waals surface area (Å²) in [6.07, 6.45) is 5.85. The van der Waals surface area contributed by atoms with Gasteiger partial charge in [0.2, 0.25) is 11.8 Å². The van der Waals surface area contributed by atoms with Crippen LogP contribution in [0.2, 0.25) is 0 Å². The number of hydrogen-bond acceptors (Lipinski definition) is 5. The average molecular weight is 529 g/mol. The lowest BCUT2D eigenvalue weighted by Crippen LogP contribution is -2.53. The Hall–Kier alpha value is -3.52. The largest absolute Gasteiger partial charge is 0.303 e. The summed E-state index contributed by atoms with van der Waals surface area (Å²) in [5.74, 6) is -1.80. The van der Waals surface area contributed by atoms with Crippen molar-refractivity contribution in [3.63, 3.8) is 0 Å². The van der Waals surface area contributed by atoms with Crippen LogP contribution < -0.4 is 10.2 Å². The molecule has 3 fully saturated rings. The quantitative estimate of drug-likeness (QED) is 0.489. The van der Waals surface area contributed by atoms with Gasteiger partial charge < -0.3 is 4.90 Å². The number of rotatable bonds is 6. The first-order chi connectivity index (χ1) is 19.8. The molecule has 1 aromatic heterocycles. The fourth-order valence-corrected chi connectivity index (χ4v) is 6.35. The minimum atomic E-state index is -1.97. The first kappa shape index (κ1) is 21.3. The number of aromatic nitrogens is 2. The van der Waals surface area contributed by atoms with Gasteiger partial charge in [0.25, 0.3) is 5.91 Å². The molecule has 39 heavy (non-hydrogen) atoms. The van der Waals surface area contributed by atoms with Crippen molar-refractivity contribution in [2.75, 3.05) is 24.5 Å². The number of nitrogens with one attached hydrogen (secondary N) is 1. The molecular formula is C31H35N5O3. The van der Waals surface area contributed by atoms with Gasteiger partial charge in [-0.2, -0.15) is 5.10 Å². The van der Waals surface area contributed by atoms with Gasteiger partial charge in [-0.1, -0.05) is 25.1 Å². The molecule has 1 N–H and O–H groups in total. The first-order valence-corrected chi connectivity index (χ1v) is 13.9. The van der Waals surface area contributed by atoms with E-state index in [1.54, 1.807) is 36.5 Å². The van der Waals surface area contributed by atoms with Crippen LogP contribution in [0.3, 0.4) is 0 Å². The van der Waals surface area contributed by atoms with Gasteiger partial charge in [-0.05, 0) is 73.1 Å². The van der Waals surface area contributed by atoms with Crippen molar-refractivity contribution in [1.82, 2.24) is 20.0 Å². The van der Waals surface area contributed by atoms with Crippen molar-refractivity contribution in [2.24, 2.45) is 5.41 Å². The molecule has 3 aromatic rings. The van der Waals surface area contributed by atoms with E-state index in [1.165, 1.54) is 12.8 Å². The molecule has 2 saturated heterocycles. The lowest BCUT2D eigenvalue weighted by Gasteiger charge is -2.40. The molecule has 8 nitrogen and oxygen atoms in total. The molecule has 2 aromatic carbocycles. The van der Waals surface area contributed by atoms with Gasteiger partial charge in [0.05, 0.1) is 18.8 Å². The standard InChI is InChI=1S/C31H35N5O3/c1-30(10-11-30)19-34-14-12-31(2,13-15-34)35-18-20(17-32-35)16-21-6-7-24-27-22(21)4-3-5-23(27)29(39)36(24)25-8-9-26(37)33-28(25)38/h3-7,17-18,25H,8-16,19H2,1-2H3,(H,33,37,38)/i16D2,25D. The van der Waals surface area contributed by atoms with Gasteiger partial charge in [-0.25, -0.2) is 0 Å². The van der Waals surface area contributed by atoms with E-state index in [1.807, 2.05) is 10.9 Å². The average Bonchev–Trinajstić information content (AvgIpc) is 3.33. The zero-order valence-electron chi connectivity index (χ0n) is 25.4. The minimum absolute atomic E-state index is 0.0422. The van der Waals surface area contributed by atoms with Crippen LogP contribution in [0.4, 0.5) is 5.69 Å². The highest BCUT2D eigenvalue weighted by molar-refractivity contribution is 6.27. The van der Waals surface area contributed by atoms with E-state index in [4.69, 9.17) is 1.37 Å². The summed E-state index contributed by atoms with van der Waals surface area (Å²) < 4.78 is 29.3. The molecule has 0 spiro atoms. The summed E-state index contributed by atoms with van der Waals surface area (Å²) in [6, 6.07) is 6.39. The Bertz CT molecular complexity index is 1660. The Morgan fingerprint density at radius 3 is 2.64 bits per heavy atom. The third-order valence-electron chi connectivity index (χ3n) is 9.12. The maximum atomic E-state index is 13.6. The van der Waals surface area contributed by atoms with Crippen LogP contribution in [0.25, 0.3) is 10.8 Å². The monoisotopic (exact) mass is 528 g/mol. The molecule has 0 radical (unpaired) electrons. The molecule has 202 valence electrons. The van der Waals surface area contributed by atoms with Crippen molar-refractivity contribution in [3.05, 3.63) is 59.4 Å². The molecule has 1 unspecified atom stereocenters. The van der Waals surface area contributed by atoms with Crippen molar-refractivity contribution in [1.29, 1.82) is 0 Å². The van der Waals surface area contributed by atoms with Crippen molar-refractivity contribution in [2.45, 2.75) is 70.3 Å². The van der Waals surface area contributed by atoms with Crippen molar-refractivity contribution < 1.29 is 18.5 Å². The number of amides is 3. The molecule has 3 aliphatic heterocycles. The SMILES string of the molecule is [2H]C([2H])(c1cnn(C2(C)CCN(CC3(C)CC3)CC2)c1)c1ccc2c3c(cccc13)C(=O)N2C1([2H])CCC(=O)NC1=O. The van der Waals surface area contributed by atoms with Crippen LogP contribution in [0.5, 0.6) is 0 Å². The molecule has 1 saturated carbocycles. The van der Waals surface area contributed by atoms with Gasteiger partial charge in [0.15, 0.2) is 0 Å². The normalized spacial score (nSPS) is 27.3. The number of carbonyl (C=O) groups excluding carboxylic acids is 3. The van der Waals surface area contributed by atoms with Crippen molar-refractivity contribution >= 4 is 34.2 Å². The van der Waals surface area contributed by atoms with Gasteiger partial charge in [0.1, 0.15) is 6.02 Å². The summed E-state index contributed by atoms with van der Waals surface area (Å²) in [6.45, 7) is 7.69. The number of hydrogen-bond donors (Lipinski definition) is 1. The lowest BCUT2D eigenvalue weighted by atomic mass is 9.89. The number of piperidine rings is 2. The summed E-state index contributed by atoms with van der Waals surface area (Å²) >= 11 is 0. The second-order valence-electron chi connectivity index (χ2n) is 12.2. The smallest absolute Gasteiger partial charge is 0.259 e. The van der Waals surface area contributed by atoms with Gasteiger partial charge in [0, 0.05) is 52.3 Å². The van der Waals surface area contributed by atoms with E-state index in [2.05, 4.69) is 29.2 Å². The van der Waals surface area contributed by atoms with Crippen LogP contribution in [0, 0.1) is 5.41 Å². The maximum absolute atomic E-state index is 13.6. The van der Waals surface area contributed by atoms with Crippen LogP contribution >= 0.6 is 0 Å². The summed E-state index contributed by atoms with van der Waals surface area (Å²) in [5.41, 5.74) is 1.78. The molecule has 8 heteroatoms. The van der Waals surface area contributed by atoms with Crippen molar-refractivity contribution in [3.8, 4) is 0 Å². The topological polar surface area (TPSA) is 87.5 Å². The molecule has 4 aliphatic rings. The van der Waals surface area contributed by atoms with E-state index in [9.17, 15) is 17.1 Å². The zero-order chi connectivity index (χ0) is 29.7. The third-order valence-corrected chi connectivity index (χ3v) is 9.12. The second kappa shape index (κ2) is 8.74. The zero-order valence-corrected chi connectivity index (χ0v) is 22.4. The predicted molar refractivity (Wildman–Crippen MR) is 149 cm³/mol. The van der Waals surface area contributed by atoms with Crippen LogP contribution in [0.15, 0.2) is 42.7 Å². The number of nitrogens with zero attached hydrogens (tertiary/aromatic N) is 4. The van der Waals surface area contributed by atoms with E-state index in [0.29, 0.717) is 38.6 Å². The van der Waals surface area contributed by atoms with E-state index < -0.39 is 30.1 Å².